The molecule has 1 saturated carbocycles. The maximum Gasteiger partial charge on any atom is 0.307 e. The smallest absolute Gasteiger partial charge is 0.307 e. The lowest BCUT2D eigenvalue weighted by atomic mass is 9.95. The van der Waals surface area contributed by atoms with Gasteiger partial charge in [-0.1, -0.05) is 18.0 Å². The molecule has 1 amide bonds. The van der Waals surface area contributed by atoms with E-state index in [4.69, 9.17) is 16.7 Å². The Morgan fingerprint density at radius 2 is 2.00 bits per heavy atom. The molecule has 0 bridgehead atoms. The van der Waals surface area contributed by atoms with Crippen LogP contribution in [0.2, 0.25) is 5.02 Å². The molecule has 0 aliphatic heterocycles. The van der Waals surface area contributed by atoms with Crippen LogP contribution < -0.4 is 5.32 Å². The van der Waals surface area contributed by atoms with Crippen molar-refractivity contribution in [3.05, 3.63) is 29.0 Å². The number of aliphatic carboxylic acids is 1. The zero-order valence-corrected chi connectivity index (χ0v) is 10.8. The van der Waals surface area contributed by atoms with Crippen molar-refractivity contribution in [2.24, 2.45) is 11.8 Å². The highest BCUT2D eigenvalue weighted by Gasteiger charge is 2.37. The lowest BCUT2D eigenvalue weighted by molar-refractivity contribution is -0.145. The topological polar surface area (TPSA) is 66.4 Å². The summed E-state index contributed by atoms with van der Waals surface area (Å²) in [5.74, 6) is -3.35. The number of rotatable bonds is 3. The van der Waals surface area contributed by atoms with Crippen molar-refractivity contribution in [1.29, 1.82) is 0 Å². The van der Waals surface area contributed by atoms with Crippen LogP contribution in [0.15, 0.2) is 18.2 Å². The number of hydrogen-bond donors (Lipinski definition) is 2. The third kappa shape index (κ3) is 3.04. The minimum atomic E-state index is -0.978. The van der Waals surface area contributed by atoms with E-state index in [0.717, 1.165) is 6.07 Å². The van der Waals surface area contributed by atoms with Gasteiger partial charge in [0.25, 0.3) is 0 Å². The van der Waals surface area contributed by atoms with Gasteiger partial charge in [-0.3, -0.25) is 9.59 Å². The summed E-state index contributed by atoms with van der Waals surface area (Å²) in [7, 11) is 0. The van der Waals surface area contributed by atoms with Crippen LogP contribution in [-0.2, 0) is 9.59 Å². The van der Waals surface area contributed by atoms with Gasteiger partial charge in [-0.2, -0.15) is 0 Å². The third-order valence-corrected chi connectivity index (χ3v) is 3.59. The molecular formula is C13H13ClFNO3. The van der Waals surface area contributed by atoms with Gasteiger partial charge in [0, 0.05) is 5.02 Å². The second kappa shape index (κ2) is 5.57. The molecule has 1 aromatic rings. The highest BCUT2D eigenvalue weighted by atomic mass is 35.5. The van der Waals surface area contributed by atoms with Crippen LogP contribution in [0.5, 0.6) is 0 Å². The summed E-state index contributed by atoms with van der Waals surface area (Å²) in [6.07, 6.45) is 1.69. The zero-order valence-electron chi connectivity index (χ0n) is 10.0. The summed E-state index contributed by atoms with van der Waals surface area (Å²) in [5, 5.41) is 11.7. The molecule has 0 spiro atoms. The minimum absolute atomic E-state index is 0.0189. The van der Waals surface area contributed by atoms with Crippen molar-refractivity contribution in [2.45, 2.75) is 19.3 Å². The summed E-state index contributed by atoms with van der Waals surface area (Å²) in [6, 6.07) is 3.92. The summed E-state index contributed by atoms with van der Waals surface area (Å²) in [4.78, 5) is 23.0. The molecule has 1 aliphatic carbocycles. The first kappa shape index (κ1) is 13.8. The molecule has 1 aromatic carbocycles. The largest absolute Gasteiger partial charge is 0.481 e. The van der Waals surface area contributed by atoms with E-state index >= 15 is 0 Å². The summed E-state index contributed by atoms with van der Waals surface area (Å²) < 4.78 is 13.5. The van der Waals surface area contributed by atoms with Crippen molar-refractivity contribution < 1.29 is 19.1 Å². The molecular weight excluding hydrogens is 273 g/mol. The van der Waals surface area contributed by atoms with Gasteiger partial charge >= 0.3 is 5.97 Å². The van der Waals surface area contributed by atoms with Crippen molar-refractivity contribution in [1.82, 2.24) is 0 Å². The van der Waals surface area contributed by atoms with Gasteiger partial charge in [-0.15, -0.1) is 0 Å². The Kier molecular flexibility index (Phi) is 4.04. The van der Waals surface area contributed by atoms with E-state index < -0.39 is 29.5 Å². The van der Waals surface area contributed by atoms with Crippen LogP contribution in [0, 0.1) is 17.7 Å². The van der Waals surface area contributed by atoms with E-state index in [1.165, 1.54) is 12.1 Å². The van der Waals surface area contributed by atoms with Crippen LogP contribution in [0.4, 0.5) is 10.1 Å². The van der Waals surface area contributed by atoms with Crippen molar-refractivity contribution in [2.75, 3.05) is 5.32 Å². The highest BCUT2D eigenvalue weighted by molar-refractivity contribution is 6.30. The fourth-order valence-electron chi connectivity index (χ4n) is 2.39. The number of halogens is 2. The summed E-state index contributed by atoms with van der Waals surface area (Å²) in [5.41, 5.74) is 0.0189. The van der Waals surface area contributed by atoms with Gasteiger partial charge in [0.15, 0.2) is 0 Å². The highest BCUT2D eigenvalue weighted by Crippen LogP contribution is 2.33. The van der Waals surface area contributed by atoms with E-state index in [2.05, 4.69) is 5.32 Å². The Balaban J connectivity index is 2.10. The minimum Gasteiger partial charge on any atom is -0.481 e. The first-order valence-electron chi connectivity index (χ1n) is 5.98. The number of anilines is 1. The summed E-state index contributed by atoms with van der Waals surface area (Å²) in [6.45, 7) is 0. The molecule has 2 atom stereocenters. The van der Waals surface area contributed by atoms with Gasteiger partial charge < -0.3 is 10.4 Å². The Morgan fingerprint density at radius 1 is 1.32 bits per heavy atom. The Bertz CT molecular complexity index is 521. The zero-order chi connectivity index (χ0) is 14.0. The number of carboxylic acids is 1. The predicted molar refractivity (Wildman–Crippen MR) is 68.5 cm³/mol. The van der Waals surface area contributed by atoms with E-state index in [-0.39, 0.29) is 10.7 Å². The number of hydrogen-bond acceptors (Lipinski definition) is 2. The van der Waals surface area contributed by atoms with E-state index in [1.807, 2.05) is 0 Å². The Morgan fingerprint density at radius 3 is 2.63 bits per heavy atom. The predicted octanol–water partition coefficient (Wildman–Crippen LogP) is 2.92. The van der Waals surface area contributed by atoms with Crippen molar-refractivity contribution >= 4 is 29.2 Å². The third-order valence-electron chi connectivity index (χ3n) is 3.36. The van der Waals surface area contributed by atoms with Crippen LogP contribution in [0.25, 0.3) is 0 Å². The molecule has 6 heteroatoms. The molecule has 0 heterocycles. The molecule has 102 valence electrons. The van der Waals surface area contributed by atoms with E-state index in [1.54, 1.807) is 0 Å². The lowest BCUT2D eigenvalue weighted by Crippen LogP contribution is -2.30. The van der Waals surface area contributed by atoms with Crippen LogP contribution in [-0.4, -0.2) is 17.0 Å². The molecule has 2 N–H and O–H groups in total. The van der Waals surface area contributed by atoms with E-state index in [9.17, 15) is 14.0 Å². The number of carbonyl (C=O) groups excluding carboxylic acids is 1. The first-order chi connectivity index (χ1) is 8.99. The molecule has 0 aromatic heterocycles. The first-order valence-corrected chi connectivity index (χ1v) is 6.35. The van der Waals surface area contributed by atoms with Gasteiger partial charge in [0.05, 0.1) is 17.5 Å². The van der Waals surface area contributed by atoms with Crippen LogP contribution in [0.3, 0.4) is 0 Å². The molecule has 1 fully saturated rings. The van der Waals surface area contributed by atoms with Crippen LogP contribution >= 0.6 is 11.6 Å². The maximum atomic E-state index is 13.5. The SMILES string of the molecule is O=C(O)[C@H]1CCC[C@H]1C(=O)Nc1ccc(Cl)cc1F. The average molecular weight is 286 g/mol. The standard InChI is InChI=1S/C13H13ClFNO3/c14-7-4-5-11(10(15)6-7)16-12(17)8-2-1-3-9(8)13(18)19/h4-6,8-9H,1-3H2,(H,16,17)(H,18,19)/t8-,9+/m1/s1. The van der Waals surface area contributed by atoms with Crippen molar-refractivity contribution in [3.8, 4) is 0 Å². The molecule has 19 heavy (non-hydrogen) atoms. The number of carboxylic acid groups (broad SMARTS) is 1. The Hall–Kier alpha value is -1.62. The molecule has 4 nitrogen and oxygen atoms in total. The average Bonchev–Trinajstić information content (AvgIpc) is 2.82. The van der Waals surface area contributed by atoms with E-state index in [0.29, 0.717) is 19.3 Å². The summed E-state index contributed by atoms with van der Waals surface area (Å²) >= 11 is 5.61. The molecule has 0 saturated heterocycles. The van der Waals surface area contributed by atoms with Gasteiger partial charge in [0.1, 0.15) is 5.82 Å². The van der Waals surface area contributed by atoms with Crippen LogP contribution in [0.1, 0.15) is 19.3 Å². The lowest BCUT2D eigenvalue weighted by Gasteiger charge is -2.15. The molecule has 1 aliphatic rings. The van der Waals surface area contributed by atoms with Gasteiger partial charge in [-0.25, -0.2) is 4.39 Å². The Labute approximate surface area is 114 Å². The monoisotopic (exact) mass is 285 g/mol. The number of amides is 1. The normalized spacial score (nSPS) is 22.2. The second-order valence-corrected chi connectivity index (χ2v) is 5.03. The second-order valence-electron chi connectivity index (χ2n) is 4.60. The number of benzene rings is 1. The number of carbonyl (C=O) groups is 2. The maximum absolute atomic E-state index is 13.5. The molecule has 2 rings (SSSR count). The fourth-order valence-corrected chi connectivity index (χ4v) is 2.54. The van der Waals surface area contributed by atoms with Gasteiger partial charge in [0.2, 0.25) is 5.91 Å². The molecule has 0 unspecified atom stereocenters. The quantitative estimate of drug-likeness (QED) is 0.897. The van der Waals surface area contributed by atoms with Gasteiger partial charge in [-0.05, 0) is 31.0 Å². The fraction of sp³-hybridized carbons (Fsp3) is 0.385. The molecule has 0 radical (unpaired) electrons. The van der Waals surface area contributed by atoms with Crippen molar-refractivity contribution in [3.63, 3.8) is 0 Å². The number of nitrogens with one attached hydrogen (secondary N) is 1.